The van der Waals surface area contributed by atoms with Crippen molar-refractivity contribution in [3.8, 4) is 23.1 Å². The van der Waals surface area contributed by atoms with Gasteiger partial charge in [-0.25, -0.2) is 4.98 Å². The van der Waals surface area contributed by atoms with E-state index in [9.17, 15) is 0 Å². The second-order valence-electron chi connectivity index (χ2n) is 3.20. The normalized spacial score (nSPS) is 10.0. The lowest BCUT2D eigenvalue weighted by Gasteiger charge is -2.07. The number of imidazole rings is 1. The number of aromatic amines is 1. The number of benzene rings is 1. The molecule has 0 fully saturated rings. The molecule has 17 heavy (non-hydrogen) atoms. The highest BCUT2D eigenvalue weighted by molar-refractivity contribution is 6.36. The van der Waals surface area contributed by atoms with Crippen molar-refractivity contribution in [3.05, 3.63) is 34.2 Å². The highest BCUT2D eigenvalue weighted by Gasteiger charge is 2.14. The molecule has 1 aromatic heterocycles. The average Bonchev–Trinajstić information content (AvgIpc) is 2.79. The summed E-state index contributed by atoms with van der Waals surface area (Å²) in [5.41, 5.74) is 1.43. The lowest BCUT2D eigenvalue weighted by molar-refractivity contribution is 0.415. The molecule has 0 spiro atoms. The Kier molecular flexibility index (Phi) is 3.23. The predicted molar refractivity (Wildman–Crippen MR) is 65.3 cm³/mol. The van der Waals surface area contributed by atoms with Crippen LogP contribution in [0.1, 0.15) is 5.69 Å². The summed E-state index contributed by atoms with van der Waals surface area (Å²) in [6.45, 7) is 0. The van der Waals surface area contributed by atoms with Gasteiger partial charge in [-0.3, -0.25) is 0 Å². The molecule has 0 radical (unpaired) electrons. The Morgan fingerprint density at radius 3 is 2.76 bits per heavy atom. The third kappa shape index (κ3) is 2.07. The molecule has 1 heterocycles. The first-order chi connectivity index (χ1) is 8.17. The van der Waals surface area contributed by atoms with Gasteiger partial charge in [0.15, 0.2) is 5.69 Å². The Morgan fingerprint density at radius 1 is 1.35 bits per heavy atom. The summed E-state index contributed by atoms with van der Waals surface area (Å²) in [5.74, 6) is 0.485. The van der Waals surface area contributed by atoms with E-state index in [-0.39, 0.29) is 5.69 Å². The van der Waals surface area contributed by atoms with Crippen LogP contribution in [-0.2, 0) is 0 Å². The summed E-state index contributed by atoms with van der Waals surface area (Å²) in [5, 5.41) is 9.76. The van der Waals surface area contributed by atoms with E-state index in [0.29, 0.717) is 27.1 Å². The first-order valence-corrected chi connectivity index (χ1v) is 5.40. The van der Waals surface area contributed by atoms with Crippen LogP contribution >= 0.6 is 23.2 Å². The number of rotatable bonds is 2. The minimum atomic E-state index is 0.271. The summed E-state index contributed by atoms with van der Waals surface area (Å²) in [7, 11) is 1.51. The van der Waals surface area contributed by atoms with E-state index in [1.54, 1.807) is 12.1 Å². The number of nitrogens with one attached hydrogen (secondary N) is 1. The Balaban J connectivity index is 2.62. The van der Waals surface area contributed by atoms with Gasteiger partial charge in [0.1, 0.15) is 11.8 Å². The molecule has 0 saturated carbocycles. The van der Waals surface area contributed by atoms with Crippen LogP contribution in [0.4, 0.5) is 0 Å². The molecule has 1 N–H and O–H groups in total. The van der Waals surface area contributed by atoms with E-state index in [1.807, 2.05) is 6.07 Å². The largest absolute Gasteiger partial charge is 0.495 e. The topological polar surface area (TPSA) is 61.7 Å². The van der Waals surface area contributed by atoms with Gasteiger partial charge in [0.25, 0.3) is 0 Å². The SMILES string of the molecule is COc1cc(Cl)c(-c2[nH]cnc2C#N)cc1Cl. The summed E-state index contributed by atoms with van der Waals surface area (Å²) in [4.78, 5) is 6.74. The molecule has 86 valence electrons. The summed E-state index contributed by atoms with van der Waals surface area (Å²) >= 11 is 12.1. The number of nitrogens with zero attached hydrogens (tertiary/aromatic N) is 2. The van der Waals surface area contributed by atoms with E-state index in [2.05, 4.69) is 9.97 Å². The second kappa shape index (κ2) is 4.66. The highest BCUT2D eigenvalue weighted by Crippen LogP contribution is 2.36. The van der Waals surface area contributed by atoms with Crippen LogP contribution in [0.5, 0.6) is 5.75 Å². The molecule has 1 aromatic carbocycles. The first kappa shape index (κ1) is 11.8. The van der Waals surface area contributed by atoms with Crippen LogP contribution < -0.4 is 4.74 Å². The zero-order valence-electron chi connectivity index (χ0n) is 8.79. The highest BCUT2D eigenvalue weighted by atomic mass is 35.5. The van der Waals surface area contributed by atoms with E-state index in [4.69, 9.17) is 33.2 Å². The number of halogens is 2. The average molecular weight is 268 g/mol. The maximum atomic E-state index is 8.90. The molecule has 0 atom stereocenters. The Labute approximate surface area is 108 Å². The zero-order valence-corrected chi connectivity index (χ0v) is 10.3. The molecule has 0 aliphatic heterocycles. The Bertz CT molecular complexity index is 601. The van der Waals surface area contributed by atoms with Gasteiger partial charge < -0.3 is 9.72 Å². The number of ether oxygens (including phenoxy) is 1. The summed E-state index contributed by atoms with van der Waals surface area (Å²) < 4.78 is 5.05. The fourth-order valence-corrected chi connectivity index (χ4v) is 1.95. The number of hydrogen-bond donors (Lipinski definition) is 1. The van der Waals surface area contributed by atoms with Crippen molar-refractivity contribution in [1.82, 2.24) is 9.97 Å². The first-order valence-electron chi connectivity index (χ1n) is 4.64. The standard InChI is InChI=1S/C11H7Cl2N3O/c1-17-10-3-7(12)6(2-8(10)13)11-9(4-14)15-5-16-11/h2-3,5H,1H3,(H,15,16). The third-order valence-corrected chi connectivity index (χ3v) is 2.86. The van der Waals surface area contributed by atoms with Gasteiger partial charge in [-0.15, -0.1) is 0 Å². The van der Waals surface area contributed by atoms with Crippen molar-refractivity contribution in [2.45, 2.75) is 0 Å². The molecular weight excluding hydrogens is 261 g/mol. The van der Waals surface area contributed by atoms with Crippen LogP contribution in [0, 0.1) is 11.3 Å². The van der Waals surface area contributed by atoms with Crippen molar-refractivity contribution >= 4 is 23.2 Å². The van der Waals surface area contributed by atoms with Crippen molar-refractivity contribution in [1.29, 1.82) is 5.26 Å². The number of nitriles is 1. The van der Waals surface area contributed by atoms with Crippen molar-refractivity contribution in [2.75, 3.05) is 7.11 Å². The summed E-state index contributed by atoms with van der Waals surface area (Å²) in [6, 6.07) is 5.21. The van der Waals surface area contributed by atoms with Crippen LogP contribution in [0.2, 0.25) is 10.0 Å². The fraction of sp³-hybridized carbons (Fsp3) is 0.0909. The lowest BCUT2D eigenvalue weighted by atomic mass is 10.1. The van der Waals surface area contributed by atoms with E-state index in [1.165, 1.54) is 13.4 Å². The van der Waals surface area contributed by atoms with E-state index < -0.39 is 0 Å². The van der Waals surface area contributed by atoms with Gasteiger partial charge in [0.05, 0.1) is 29.2 Å². The molecule has 0 bridgehead atoms. The molecule has 6 heteroatoms. The number of aromatic nitrogens is 2. The van der Waals surface area contributed by atoms with Gasteiger partial charge >= 0.3 is 0 Å². The van der Waals surface area contributed by atoms with Crippen LogP contribution in [0.15, 0.2) is 18.5 Å². The molecule has 0 amide bonds. The van der Waals surface area contributed by atoms with Crippen molar-refractivity contribution < 1.29 is 4.74 Å². The van der Waals surface area contributed by atoms with E-state index >= 15 is 0 Å². The third-order valence-electron chi connectivity index (χ3n) is 2.26. The maximum Gasteiger partial charge on any atom is 0.166 e. The second-order valence-corrected chi connectivity index (χ2v) is 4.02. The van der Waals surface area contributed by atoms with Gasteiger partial charge in [0, 0.05) is 11.6 Å². The van der Waals surface area contributed by atoms with Crippen molar-refractivity contribution in [2.24, 2.45) is 0 Å². The minimum Gasteiger partial charge on any atom is -0.495 e. The van der Waals surface area contributed by atoms with Gasteiger partial charge in [-0.1, -0.05) is 23.2 Å². The molecule has 0 unspecified atom stereocenters. The zero-order chi connectivity index (χ0) is 12.4. The number of methoxy groups -OCH3 is 1. The monoisotopic (exact) mass is 267 g/mol. The Morgan fingerprint density at radius 2 is 2.12 bits per heavy atom. The molecule has 0 saturated heterocycles. The lowest BCUT2D eigenvalue weighted by Crippen LogP contribution is -1.88. The van der Waals surface area contributed by atoms with Gasteiger partial charge in [-0.2, -0.15) is 5.26 Å². The Hall–Kier alpha value is -1.70. The van der Waals surface area contributed by atoms with E-state index in [0.717, 1.165) is 0 Å². The smallest absolute Gasteiger partial charge is 0.166 e. The maximum absolute atomic E-state index is 8.90. The minimum absolute atomic E-state index is 0.271. The quantitative estimate of drug-likeness (QED) is 0.909. The van der Waals surface area contributed by atoms with Crippen LogP contribution in [0.25, 0.3) is 11.3 Å². The molecule has 0 aliphatic carbocycles. The van der Waals surface area contributed by atoms with Gasteiger partial charge in [0.2, 0.25) is 0 Å². The molecule has 2 aromatic rings. The summed E-state index contributed by atoms with van der Waals surface area (Å²) in [6.07, 6.45) is 1.43. The van der Waals surface area contributed by atoms with Gasteiger partial charge in [-0.05, 0) is 6.07 Å². The molecule has 4 nitrogen and oxygen atoms in total. The number of hydrogen-bond acceptors (Lipinski definition) is 3. The molecular formula is C11H7Cl2N3O. The molecule has 2 rings (SSSR count). The predicted octanol–water partition coefficient (Wildman–Crippen LogP) is 3.26. The molecule has 0 aliphatic rings. The number of H-pyrrole nitrogens is 1. The van der Waals surface area contributed by atoms with Crippen molar-refractivity contribution in [3.63, 3.8) is 0 Å². The van der Waals surface area contributed by atoms with Crippen LogP contribution in [0.3, 0.4) is 0 Å². The fourth-order valence-electron chi connectivity index (χ4n) is 1.46. The van der Waals surface area contributed by atoms with Crippen LogP contribution in [-0.4, -0.2) is 17.1 Å².